The summed E-state index contributed by atoms with van der Waals surface area (Å²) in [6.07, 6.45) is 2.00. The number of rotatable bonds is 3. The van der Waals surface area contributed by atoms with Crippen molar-refractivity contribution in [3.8, 4) is 0 Å². The molecular weight excluding hydrogens is 290 g/mol. The van der Waals surface area contributed by atoms with Gasteiger partial charge in [0, 0.05) is 30.6 Å². The van der Waals surface area contributed by atoms with Crippen LogP contribution in [0.5, 0.6) is 0 Å². The number of fused-ring (bicyclic) bond motifs is 1. The Morgan fingerprint density at radius 2 is 2.09 bits per heavy atom. The molecule has 0 radical (unpaired) electrons. The van der Waals surface area contributed by atoms with Gasteiger partial charge in [0.25, 0.3) is 0 Å². The van der Waals surface area contributed by atoms with E-state index in [1.807, 2.05) is 30.3 Å². The summed E-state index contributed by atoms with van der Waals surface area (Å²) in [6.45, 7) is 4.29. The molecule has 2 aromatic rings. The number of amides is 1. The molecule has 1 saturated heterocycles. The Bertz CT molecular complexity index is 718. The Balaban J connectivity index is 1.79. The number of pyridine rings is 1. The zero-order valence-corrected chi connectivity index (χ0v) is 13.6. The van der Waals surface area contributed by atoms with Gasteiger partial charge in [-0.25, -0.2) is 0 Å². The molecule has 0 aliphatic carbocycles. The third-order valence-corrected chi connectivity index (χ3v) is 4.47. The van der Waals surface area contributed by atoms with E-state index in [2.05, 4.69) is 4.98 Å². The van der Waals surface area contributed by atoms with Crippen LogP contribution in [0.15, 0.2) is 36.5 Å². The van der Waals surface area contributed by atoms with Gasteiger partial charge in [-0.2, -0.15) is 0 Å². The molecule has 0 bridgehead atoms. The van der Waals surface area contributed by atoms with Crippen LogP contribution in [0.1, 0.15) is 19.4 Å². The van der Waals surface area contributed by atoms with Crippen LogP contribution in [0.4, 0.5) is 0 Å². The Morgan fingerprint density at radius 3 is 2.83 bits per heavy atom. The van der Waals surface area contributed by atoms with Crippen LogP contribution in [0.25, 0.3) is 10.9 Å². The number of hydrogen-bond acceptors (Lipinski definition) is 4. The molecule has 23 heavy (non-hydrogen) atoms. The van der Waals surface area contributed by atoms with Gasteiger partial charge in [-0.15, -0.1) is 0 Å². The molecular formula is C18H23N3O2. The standard InChI is InChI=1S/C18H23N3O2/c1-18(2,19)17(23)21-10-13(16(22)11-21)9-12-7-8-20-15-6-4-3-5-14(12)15/h3-8,13,16,22H,9-11,19H2,1-2H3/t13-,16-/m1/s1. The van der Waals surface area contributed by atoms with Crippen molar-refractivity contribution in [3.63, 3.8) is 0 Å². The van der Waals surface area contributed by atoms with Gasteiger partial charge < -0.3 is 15.7 Å². The lowest BCUT2D eigenvalue weighted by atomic mass is 9.94. The van der Waals surface area contributed by atoms with Crippen LogP contribution in [-0.2, 0) is 11.2 Å². The summed E-state index contributed by atoms with van der Waals surface area (Å²) in [5.41, 5.74) is 7.10. The minimum atomic E-state index is -0.905. The molecule has 5 heteroatoms. The first-order valence-corrected chi connectivity index (χ1v) is 7.95. The van der Waals surface area contributed by atoms with E-state index in [1.54, 1.807) is 24.9 Å². The number of para-hydroxylation sites is 1. The average Bonchev–Trinajstić information content (AvgIpc) is 2.87. The van der Waals surface area contributed by atoms with E-state index in [0.717, 1.165) is 22.9 Å². The van der Waals surface area contributed by atoms with Crippen molar-refractivity contribution in [2.75, 3.05) is 13.1 Å². The second-order valence-corrected chi connectivity index (χ2v) is 6.95. The second-order valence-electron chi connectivity index (χ2n) is 6.95. The molecule has 3 N–H and O–H groups in total. The highest BCUT2D eigenvalue weighted by molar-refractivity contribution is 5.85. The van der Waals surface area contributed by atoms with Crippen molar-refractivity contribution in [2.24, 2.45) is 11.7 Å². The summed E-state index contributed by atoms with van der Waals surface area (Å²) in [4.78, 5) is 18.3. The van der Waals surface area contributed by atoms with Crippen molar-refractivity contribution in [3.05, 3.63) is 42.1 Å². The topological polar surface area (TPSA) is 79.5 Å². The number of aromatic nitrogens is 1. The van der Waals surface area contributed by atoms with Gasteiger partial charge in [-0.05, 0) is 38.0 Å². The Kier molecular flexibility index (Phi) is 4.08. The highest BCUT2D eigenvalue weighted by atomic mass is 16.3. The number of benzene rings is 1. The summed E-state index contributed by atoms with van der Waals surface area (Å²) < 4.78 is 0. The van der Waals surface area contributed by atoms with Crippen molar-refractivity contribution in [2.45, 2.75) is 31.9 Å². The number of hydrogen-bond donors (Lipinski definition) is 2. The first kappa shape index (κ1) is 15.9. The summed E-state index contributed by atoms with van der Waals surface area (Å²) in [6, 6.07) is 9.98. The predicted octanol–water partition coefficient (Wildman–Crippen LogP) is 1.33. The van der Waals surface area contributed by atoms with E-state index in [-0.39, 0.29) is 11.8 Å². The van der Waals surface area contributed by atoms with Crippen LogP contribution in [0.3, 0.4) is 0 Å². The second kappa shape index (κ2) is 5.91. The van der Waals surface area contributed by atoms with E-state index in [1.165, 1.54) is 0 Å². The average molecular weight is 313 g/mol. The summed E-state index contributed by atoms with van der Waals surface area (Å²) in [5, 5.41) is 11.5. The number of nitrogens with two attached hydrogens (primary N) is 1. The fourth-order valence-electron chi connectivity index (χ4n) is 3.24. The van der Waals surface area contributed by atoms with Crippen molar-refractivity contribution < 1.29 is 9.90 Å². The number of nitrogens with zero attached hydrogens (tertiary/aromatic N) is 2. The van der Waals surface area contributed by atoms with Crippen LogP contribution in [0, 0.1) is 5.92 Å². The Labute approximate surface area is 136 Å². The van der Waals surface area contributed by atoms with Crippen molar-refractivity contribution in [1.29, 1.82) is 0 Å². The van der Waals surface area contributed by atoms with Crippen LogP contribution in [-0.4, -0.2) is 45.6 Å². The molecule has 5 nitrogen and oxygen atoms in total. The van der Waals surface area contributed by atoms with Crippen LogP contribution >= 0.6 is 0 Å². The van der Waals surface area contributed by atoms with Gasteiger partial charge in [0.1, 0.15) is 0 Å². The number of carbonyl (C=O) groups excluding carboxylic acids is 1. The normalized spacial score (nSPS) is 21.8. The molecule has 1 fully saturated rings. The molecule has 1 aliphatic rings. The van der Waals surface area contributed by atoms with Gasteiger partial charge in [0.15, 0.2) is 0 Å². The Morgan fingerprint density at radius 1 is 1.35 bits per heavy atom. The molecule has 3 rings (SSSR count). The van der Waals surface area contributed by atoms with Crippen LogP contribution < -0.4 is 5.73 Å². The molecule has 1 aromatic carbocycles. The lowest BCUT2D eigenvalue weighted by Gasteiger charge is -2.25. The summed E-state index contributed by atoms with van der Waals surface area (Å²) >= 11 is 0. The van der Waals surface area contributed by atoms with Gasteiger partial charge in [-0.1, -0.05) is 18.2 Å². The maximum Gasteiger partial charge on any atom is 0.242 e. The van der Waals surface area contributed by atoms with E-state index in [4.69, 9.17) is 5.73 Å². The van der Waals surface area contributed by atoms with Crippen molar-refractivity contribution >= 4 is 16.8 Å². The number of likely N-dealkylation sites (tertiary alicyclic amines) is 1. The lowest BCUT2D eigenvalue weighted by Crippen LogP contribution is -2.50. The summed E-state index contributed by atoms with van der Waals surface area (Å²) in [7, 11) is 0. The van der Waals surface area contributed by atoms with Gasteiger partial charge >= 0.3 is 0 Å². The van der Waals surface area contributed by atoms with E-state index in [9.17, 15) is 9.90 Å². The first-order valence-electron chi connectivity index (χ1n) is 7.95. The molecule has 2 heterocycles. The maximum atomic E-state index is 12.3. The highest BCUT2D eigenvalue weighted by Crippen LogP contribution is 2.26. The molecule has 122 valence electrons. The van der Waals surface area contributed by atoms with Gasteiger partial charge in [-0.3, -0.25) is 9.78 Å². The quantitative estimate of drug-likeness (QED) is 0.896. The fourth-order valence-corrected chi connectivity index (χ4v) is 3.24. The number of aliphatic hydroxyl groups is 1. The molecule has 1 aliphatic heterocycles. The largest absolute Gasteiger partial charge is 0.391 e. The zero-order chi connectivity index (χ0) is 16.6. The smallest absolute Gasteiger partial charge is 0.242 e. The Hall–Kier alpha value is -1.98. The number of β-amino-alcohol motifs (C(OH)–C–C–N with tert-alkyl or cyclic N) is 1. The molecule has 1 aromatic heterocycles. The monoisotopic (exact) mass is 313 g/mol. The third-order valence-electron chi connectivity index (χ3n) is 4.47. The van der Waals surface area contributed by atoms with E-state index < -0.39 is 11.6 Å². The molecule has 2 atom stereocenters. The fraction of sp³-hybridized carbons (Fsp3) is 0.444. The SMILES string of the molecule is CC(C)(N)C(=O)N1C[C@@H](Cc2ccnc3ccccc23)[C@H](O)C1. The first-order chi connectivity index (χ1) is 10.9. The molecule has 1 amide bonds. The van der Waals surface area contributed by atoms with Crippen molar-refractivity contribution in [1.82, 2.24) is 9.88 Å². The highest BCUT2D eigenvalue weighted by Gasteiger charge is 2.38. The molecule has 0 unspecified atom stereocenters. The van der Waals surface area contributed by atoms with Gasteiger partial charge in [0.05, 0.1) is 17.2 Å². The van der Waals surface area contributed by atoms with E-state index in [0.29, 0.717) is 13.1 Å². The number of aliphatic hydroxyl groups excluding tert-OH is 1. The summed E-state index contributed by atoms with van der Waals surface area (Å²) in [5.74, 6) is -0.0919. The molecule has 0 spiro atoms. The minimum absolute atomic E-state index is 0.0205. The lowest BCUT2D eigenvalue weighted by molar-refractivity contribution is -0.135. The number of carbonyl (C=O) groups is 1. The maximum absolute atomic E-state index is 12.3. The zero-order valence-electron chi connectivity index (χ0n) is 13.6. The molecule has 0 saturated carbocycles. The van der Waals surface area contributed by atoms with E-state index >= 15 is 0 Å². The predicted molar refractivity (Wildman–Crippen MR) is 89.8 cm³/mol. The minimum Gasteiger partial charge on any atom is -0.391 e. The van der Waals surface area contributed by atoms with Gasteiger partial charge in [0.2, 0.25) is 5.91 Å². The van der Waals surface area contributed by atoms with Crippen LogP contribution in [0.2, 0.25) is 0 Å². The third kappa shape index (κ3) is 3.21.